The van der Waals surface area contributed by atoms with Gasteiger partial charge < -0.3 is 20.8 Å². The Kier molecular flexibility index (Phi) is 8.93. The van der Waals surface area contributed by atoms with Crippen LogP contribution in [0.5, 0.6) is 0 Å². The smallest absolute Gasteiger partial charge is 0.188 e. The normalized spacial score (nSPS) is 11.5. The van der Waals surface area contributed by atoms with Crippen molar-refractivity contribution in [1.29, 1.82) is 0 Å². The van der Waals surface area contributed by atoms with Crippen LogP contribution in [0.25, 0.3) is 10.9 Å². The number of rotatable bonds is 8. The molecular weight excluding hydrogens is 410 g/mol. The maximum absolute atomic E-state index is 13.3. The minimum atomic E-state index is -0.225. The van der Waals surface area contributed by atoms with Gasteiger partial charge >= 0.3 is 0 Å². The first-order chi connectivity index (χ1) is 10.7. The van der Waals surface area contributed by atoms with Crippen LogP contribution in [0.3, 0.4) is 0 Å². The Morgan fingerprint density at radius 1 is 1.43 bits per heavy atom. The second kappa shape index (κ2) is 10.4. The van der Waals surface area contributed by atoms with E-state index in [-0.39, 0.29) is 29.8 Å². The Morgan fingerprint density at radius 3 is 3.04 bits per heavy atom. The molecule has 7 heteroatoms. The number of nitrogens with two attached hydrogens (primary N) is 1. The Labute approximate surface area is 152 Å². The molecule has 1 aromatic heterocycles. The van der Waals surface area contributed by atoms with E-state index in [0.717, 1.165) is 35.9 Å². The third kappa shape index (κ3) is 6.34. The van der Waals surface area contributed by atoms with Gasteiger partial charge in [0.05, 0.1) is 0 Å². The number of guanidine groups is 1. The summed E-state index contributed by atoms with van der Waals surface area (Å²) in [7, 11) is 0. The summed E-state index contributed by atoms with van der Waals surface area (Å²) in [6.45, 7) is 4.70. The summed E-state index contributed by atoms with van der Waals surface area (Å²) in [4.78, 5) is 7.36. The summed E-state index contributed by atoms with van der Waals surface area (Å²) < 4.78 is 18.5. The van der Waals surface area contributed by atoms with Crippen LogP contribution >= 0.6 is 24.0 Å². The SMILES string of the molecule is CCOCCCN=C(N)NCCc1c[nH]c2ccc(F)cc12.I. The molecule has 0 radical (unpaired) electrons. The zero-order valence-electron chi connectivity index (χ0n) is 13.3. The molecule has 5 nitrogen and oxygen atoms in total. The van der Waals surface area contributed by atoms with Gasteiger partial charge in [-0.05, 0) is 43.5 Å². The summed E-state index contributed by atoms with van der Waals surface area (Å²) in [6, 6.07) is 4.75. The van der Waals surface area contributed by atoms with E-state index in [1.165, 1.54) is 6.07 Å². The fourth-order valence-electron chi connectivity index (χ4n) is 2.25. The highest BCUT2D eigenvalue weighted by Gasteiger charge is 2.04. The lowest BCUT2D eigenvalue weighted by atomic mass is 10.1. The highest BCUT2D eigenvalue weighted by Crippen LogP contribution is 2.19. The van der Waals surface area contributed by atoms with E-state index < -0.39 is 0 Å². The second-order valence-electron chi connectivity index (χ2n) is 5.00. The lowest BCUT2D eigenvalue weighted by Crippen LogP contribution is -2.33. The third-order valence-corrected chi connectivity index (χ3v) is 3.36. The fraction of sp³-hybridized carbons (Fsp3) is 0.438. The minimum absolute atomic E-state index is 0. The molecule has 2 rings (SSSR count). The average Bonchev–Trinajstić information content (AvgIpc) is 2.89. The number of hydrogen-bond donors (Lipinski definition) is 3. The first-order valence-electron chi connectivity index (χ1n) is 7.57. The number of halogens is 2. The van der Waals surface area contributed by atoms with Crippen molar-refractivity contribution in [3.05, 3.63) is 35.8 Å². The van der Waals surface area contributed by atoms with Crippen molar-refractivity contribution in [2.75, 3.05) is 26.3 Å². The topological polar surface area (TPSA) is 75.4 Å². The van der Waals surface area contributed by atoms with Crippen LogP contribution in [0, 0.1) is 5.82 Å². The quantitative estimate of drug-likeness (QED) is 0.259. The van der Waals surface area contributed by atoms with Crippen LogP contribution in [0.1, 0.15) is 18.9 Å². The maximum Gasteiger partial charge on any atom is 0.188 e. The highest BCUT2D eigenvalue weighted by atomic mass is 127. The van der Waals surface area contributed by atoms with Gasteiger partial charge in [0.1, 0.15) is 5.82 Å². The summed E-state index contributed by atoms with van der Waals surface area (Å²) in [5.74, 6) is 0.208. The molecule has 0 atom stereocenters. The molecule has 2 aromatic rings. The Bertz CT molecular complexity index is 630. The van der Waals surface area contributed by atoms with Gasteiger partial charge in [-0.3, -0.25) is 4.99 Å². The van der Waals surface area contributed by atoms with E-state index in [1.807, 2.05) is 13.1 Å². The van der Waals surface area contributed by atoms with Crippen LogP contribution in [-0.4, -0.2) is 37.2 Å². The molecule has 0 aliphatic carbocycles. The van der Waals surface area contributed by atoms with Crippen molar-refractivity contribution >= 4 is 40.8 Å². The molecule has 0 aliphatic heterocycles. The van der Waals surface area contributed by atoms with Crippen LogP contribution in [0.2, 0.25) is 0 Å². The van der Waals surface area contributed by atoms with Crippen molar-refractivity contribution in [1.82, 2.24) is 10.3 Å². The average molecular weight is 434 g/mol. The predicted octanol–water partition coefficient (Wildman–Crippen LogP) is 2.80. The molecule has 0 spiro atoms. The van der Waals surface area contributed by atoms with E-state index in [4.69, 9.17) is 10.5 Å². The standard InChI is InChI=1S/C16H23FN4O.HI/c1-2-22-9-3-7-19-16(18)20-8-6-12-11-21-15-5-4-13(17)10-14(12)15;/h4-5,10-11,21H,2-3,6-9H2,1H3,(H3,18,19,20);1H. The van der Waals surface area contributed by atoms with Gasteiger partial charge in [-0.25, -0.2) is 4.39 Å². The predicted molar refractivity (Wildman–Crippen MR) is 103 cm³/mol. The lowest BCUT2D eigenvalue weighted by molar-refractivity contribution is 0.146. The molecule has 4 N–H and O–H groups in total. The van der Waals surface area contributed by atoms with E-state index in [1.54, 1.807) is 12.1 Å². The molecule has 128 valence electrons. The summed E-state index contributed by atoms with van der Waals surface area (Å²) >= 11 is 0. The molecule has 0 saturated heterocycles. The van der Waals surface area contributed by atoms with Gasteiger partial charge in [0.15, 0.2) is 5.96 Å². The van der Waals surface area contributed by atoms with Gasteiger partial charge in [-0.2, -0.15) is 0 Å². The van der Waals surface area contributed by atoms with Crippen molar-refractivity contribution in [2.45, 2.75) is 19.8 Å². The number of ether oxygens (including phenoxy) is 1. The monoisotopic (exact) mass is 434 g/mol. The number of fused-ring (bicyclic) bond motifs is 1. The van der Waals surface area contributed by atoms with Crippen molar-refractivity contribution in [3.63, 3.8) is 0 Å². The van der Waals surface area contributed by atoms with E-state index in [9.17, 15) is 4.39 Å². The van der Waals surface area contributed by atoms with Crippen LogP contribution < -0.4 is 11.1 Å². The zero-order valence-corrected chi connectivity index (χ0v) is 15.6. The highest BCUT2D eigenvalue weighted by molar-refractivity contribution is 14.0. The first-order valence-corrected chi connectivity index (χ1v) is 7.57. The molecule has 0 unspecified atom stereocenters. The number of aliphatic imine (C=N–C) groups is 1. The number of nitrogens with one attached hydrogen (secondary N) is 2. The number of nitrogens with zero attached hydrogens (tertiary/aromatic N) is 1. The molecule has 1 aromatic carbocycles. The molecule has 0 saturated carbocycles. The van der Waals surface area contributed by atoms with Gasteiger partial charge in [-0.15, -0.1) is 24.0 Å². The van der Waals surface area contributed by atoms with Crippen LogP contribution in [0.4, 0.5) is 4.39 Å². The number of benzene rings is 1. The zero-order chi connectivity index (χ0) is 15.8. The molecule has 0 amide bonds. The molecule has 23 heavy (non-hydrogen) atoms. The van der Waals surface area contributed by atoms with Crippen molar-refractivity contribution in [2.24, 2.45) is 10.7 Å². The summed E-state index contributed by atoms with van der Waals surface area (Å²) in [6.07, 6.45) is 3.51. The second-order valence-corrected chi connectivity index (χ2v) is 5.00. The molecule has 1 heterocycles. The third-order valence-electron chi connectivity index (χ3n) is 3.36. The number of hydrogen-bond acceptors (Lipinski definition) is 2. The van der Waals surface area contributed by atoms with Crippen LogP contribution in [-0.2, 0) is 11.2 Å². The van der Waals surface area contributed by atoms with Gasteiger partial charge in [-0.1, -0.05) is 0 Å². The first kappa shape index (κ1) is 19.7. The molecule has 0 bridgehead atoms. The minimum Gasteiger partial charge on any atom is -0.382 e. The number of H-pyrrole nitrogens is 1. The van der Waals surface area contributed by atoms with Gasteiger partial charge in [0.2, 0.25) is 0 Å². The molecule has 0 aliphatic rings. The van der Waals surface area contributed by atoms with E-state index in [2.05, 4.69) is 15.3 Å². The molecule has 0 fully saturated rings. The maximum atomic E-state index is 13.3. The Morgan fingerprint density at radius 2 is 2.26 bits per heavy atom. The van der Waals surface area contributed by atoms with Crippen molar-refractivity contribution in [3.8, 4) is 0 Å². The number of aromatic nitrogens is 1. The number of aromatic amines is 1. The summed E-state index contributed by atoms with van der Waals surface area (Å²) in [5, 5.41) is 3.98. The Hall–Kier alpha value is -1.35. The van der Waals surface area contributed by atoms with E-state index >= 15 is 0 Å². The van der Waals surface area contributed by atoms with E-state index in [0.29, 0.717) is 25.7 Å². The van der Waals surface area contributed by atoms with Gasteiger partial charge in [0.25, 0.3) is 0 Å². The molecular formula is C16H24FIN4O. The lowest BCUT2D eigenvalue weighted by Gasteiger charge is -2.05. The van der Waals surface area contributed by atoms with Crippen LogP contribution in [0.15, 0.2) is 29.4 Å². The summed E-state index contributed by atoms with van der Waals surface area (Å²) in [5.41, 5.74) is 7.80. The Balaban J connectivity index is 0.00000264. The van der Waals surface area contributed by atoms with Crippen molar-refractivity contribution < 1.29 is 9.13 Å². The van der Waals surface area contributed by atoms with Gasteiger partial charge in [0, 0.05) is 43.4 Å². The largest absolute Gasteiger partial charge is 0.382 e. The fourth-order valence-corrected chi connectivity index (χ4v) is 2.25.